The number of nitrogen functional groups attached to an aromatic ring is 1. The van der Waals surface area contributed by atoms with Crippen LogP contribution >= 0.6 is 0 Å². The Kier molecular flexibility index (Phi) is 7.52. The van der Waals surface area contributed by atoms with Crippen molar-refractivity contribution < 1.29 is 27.5 Å². The molecule has 11 heteroatoms. The minimum Gasteiger partial charge on any atom is -0.383 e. The lowest BCUT2D eigenvalue weighted by Gasteiger charge is -2.31. The van der Waals surface area contributed by atoms with Crippen LogP contribution in [0, 0.1) is 5.92 Å². The van der Waals surface area contributed by atoms with Crippen molar-refractivity contribution >= 4 is 23.3 Å². The summed E-state index contributed by atoms with van der Waals surface area (Å²) in [6.07, 6.45) is -0.122. The van der Waals surface area contributed by atoms with Crippen molar-refractivity contribution in [2.24, 2.45) is 5.92 Å². The molecule has 33 heavy (non-hydrogen) atoms. The van der Waals surface area contributed by atoms with Gasteiger partial charge in [-0.15, -0.1) is 0 Å². The molecule has 0 bridgehead atoms. The van der Waals surface area contributed by atoms with Crippen LogP contribution in [0.5, 0.6) is 0 Å². The van der Waals surface area contributed by atoms with Gasteiger partial charge in [0.05, 0.1) is 42.3 Å². The second kappa shape index (κ2) is 10.2. The largest absolute Gasteiger partial charge is 0.417 e. The lowest BCUT2D eigenvalue weighted by atomic mass is 10.1. The van der Waals surface area contributed by atoms with E-state index in [2.05, 4.69) is 15.3 Å². The van der Waals surface area contributed by atoms with E-state index in [1.54, 1.807) is 6.07 Å². The molecule has 1 atom stereocenters. The van der Waals surface area contributed by atoms with Crippen LogP contribution in [0.25, 0.3) is 0 Å². The summed E-state index contributed by atoms with van der Waals surface area (Å²) < 4.78 is 43.8. The molecule has 1 saturated carbocycles. The van der Waals surface area contributed by atoms with Gasteiger partial charge in [-0.2, -0.15) is 13.2 Å². The number of nitrogens with one attached hydrogen (secondary N) is 1. The van der Waals surface area contributed by atoms with E-state index in [1.165, 1.54) is 24.3 Å². The van der Waals surface area contributed by atoms with Crippen LogP contribution in [0.15, 0.2) is 30.6 Å². The number of anilines is 2. The summed E-state index contributed by atoms with van der Waals surface area (Å²) in [5, 5.41) is 2.54. The zero-order valence-electron chi connectivity index (χ0n) is 18.4. The van der Waals surface area contributed by atoms with Gasteiger partial charge < -0.3 is 20.7 Å². The summed E-state index contributed by atoms with van der Waals surface area (Å²) in [4.78, 5) is 35.1. The Labute approximate surface area is 189 Å². The summed E-state index contributed by atoms with van der Waals surface area (Å²) in [5.74, 6) is -1.25. The van der Waals surface area contributed by atoms with E-state index in [0.29, 0.717) is 24.1 Å². The zero-order valence-corrected chi connectivity index (χ0v) is 18.4. The highest BCUT2D eigenvalue weighted by Gasteiger charge is 2.39. The minimum atomic E-state index is -4.52. The molecule has 2 heterocycles. The molecule has 0 unspecified atom stereocenters. The molecule has 8 nitrogen and oxygen atoms in total. The van der Waals surface area contributed by atoms with Crippen molar-refractivity contribution in [1.82, 2.24) is 14.9 Å². The van der Waals surface area contributed by atoms with Gasteiger partial charge >= 0.3 is 18.0 Å². The van der Waals surface area contributed by atoms with Crippen molar-refractivity contribution in [3.05, 3.63) is 47.4 Å². The van der Waals surface area contributed by atoms with Crippen LogP contribution in [0.4, 0.5) is 24.7 Å². The summed E-state index contributed by atoms with van der Waals surface area (Å²) in [5.41, 5.74) is 6.17. The third-order valence-electron chi connectivity index (χ3n) is 5.48. The predicted octanol–water partition coefficient (Wildman–Crippen LogP) is 3.03. The van der Waals surface area contributed by atoms with Gasteiger partial charge in [-0.1, -0.05) is 6.92 Å². The number of halogens is 3. The molecule has 3 N–H and O–H groups in total. The predicted molar refractivity (Wildman–Crippen MR) is 115 cm³/mol. The van der Waals surface area contributed by atoms with E-state index in [4.69, 9.17) is 10.5 Å². The molecule has 2 aromatic heterocycles. The standard InChI is InChI=1S/C22H26F3N5O3/c1-3-13-8-17(10-28-19(13)26)29-20(31)21(32)30(18(12-33-2)14-4-5-14)11-16-7-6-15(9-27-16)22(23,24)25/h6-10,14,18H,3-5,11-12H2,1-2H3,(H2,26,28)(H,29,31)/t18-/m0/s1. The molecule has 1 aliphatic rings. The maximum absolute atomic E-state index is 13.2. The molecule has 2 amide bonds. The van der Waals surface area contributed by atoms with E-state index in [9.17, 15) is 22.8 Å². The molecule has 1 aliphatic carbocycles. The molecular formula is C22H26F3N5O3. The first-order valence-electron chi connectivity index (χ1n) is 10.5. The number of nitrogens with zero attached hydrogens (tertiary/aromatic N) is 3. The topological polar surface area (TPSA) is 110 Å². The number of hydrogen-bond donors (Lipinski definition) is 2. The van der Waals surface area contributed by atoms with Crippen molar-refractivity contribution in [1.29, 1.82) is 0 Å². The molecule has 1 fully saturated rings. The number of aryl methyl sites for hydroxylation is 1. The molecule has 0 saturated heterocycles. The van der Waals surface area contributed by atoms with Crippen LogP contribution in [-0.4, -0.2) is 46.4 Å². The lowest BCUT2D eigenvalue weighted by molar-refractivity contribution is -0.146. The number of carbonyl (C=O) groups is 2. The van der Waals surface area contributed by atoms with Crippen LogP contribution in [0.1, 0.15) is 36.6 Å². The normalized spacial score (nSPS) is 14.6. The highest BCUT2D eigenvalue weighted by atomic mass is 19.4. The van der Waals surface area contributed by atoms with Gasteiger partial charge in [0.2, 0.25) is 0 Å². The molecule has 2 aromatic rings. The van der Waals surface area contributed by atoms with Crippen LogP contribution in [0.3, 0.4) is 0 Å². The Bertz CT molecular complexity index is 994. The first-order chi connectivity index (χ1) is 15.6. The Morgan fingerprint density at radius 2 is 2.00 bits per heavy atom. The molecule has 0 aromatic carbocycles. The fraction of sp³-hybridized carbons (Fsp3) is 0.455. The molecule has 0 spiro atoms. The molecule has 0 aliphatic heterocycles. The number of pyridine rings is 2. The number of nitrogens with two attached hydrogens (primary N) is 1. The van der Waals surface area contributed by atoms with Crippen molar-refractivity contribution in [3.63, 3.8) is 0 Å². The van der Waals surface area contributed by atoms with Gasteiger partial charge in [0.25, 0.3) is 0 Å². The Hall–Kier alpha value is -3.21. The van der Waals surface area contributed by atoms with Gasteiger partial charge in [0.1, 0.15) is 5.82 Å². The number of methoxy groups -OCH3 is 1. The van der Waals surface area contributed by atoms with E-state index in [0.717, 1.165) is 24.5 Å². The van der Waals surface area contributed by atoms with Crippen molar-refractivity contribution in [2.45, 2.75) is 44.9 Å². The Morgan fingerprint density at radius 1 is 1.27 bits per heavy atom. The van der Waals surface area contributed by atoms with Gasteiger partial charge in [-0.3, -0.25) is 14.6 Å². The second-order valence-corrected chi connectivity index (χ2v) is 7.91. The SMILES string of the molecule is CCc1cc(NC(=O)C(=O)N(Cc2ccc(C(F)(F)F)cn2)[C@@H](COC)C2CC2)cnc1N. The molecular weight excluding hydrogens is 439 g/mol. The average Bonchev–Trinajstić information content (AvgIpc) is 3.62. The van der Waals surface area contributed by atoms with Crippen LogP contribution < -0.4 is 11.1 Å². The number of alkyl halides is 3. The maximum Gasteiger partial charge on any atom is 0.417 e. The van der Waals surface area contributed by atoms with E-state index in [-0.39, 0.29) is 24.8 Å². The van der Waals surface area contributed by atoms with Gasteiger partial charge in [-0.25, -0.2) is 4.98 Å². The minimum absolute atomic E-state index is 0.130. The molecule has 0 radical (unpaired) electrons. The average molecular weight is 465 g/mol. The summed E-state index contributed by atoms with van der Waals surface area (Å²) in [7, 11) is 1.49. The fourth-order valence-corrected chi connectivity index (χ4v) is 3.52. The number of aromatic nitrogens is 2. The number of rotatable bonds is 8. The number of ether oxygens (including phenoxy) is 1. The highest BCUT2D eigenvalue weighted by Crippen LogP contribution is 2.36. The number of hydrogen-bond acceptors (Lipinski definition) is 6. The van der Waals surface area contributed by atoms with Crippen LogP contribution in [0.2, 0.25) is 0 Å². The highest BCUT2D eigenvalue weighted by molar-refractivity contribution is 6.39. The third-order valence-corrected chi connectivity index (χ3v) is 5.48. The van der Waals surface area contributed by atoms with Gasteiger partial charge in [0.15, 0.2) is 0 Å². The quantitative estimate of drug-likeness (QED) is 0.580. The zero-order chi connectivity index (χ0) is 24.2. The first kappa shape index (κ1) is 24.4. The van der Waals surface area contributed by atoms with E-state index >= 15 is 0 Å². The van der Waals surface area contributed by atoms with Gasteiger partial charge in [0, 0.05) is 13.3 Å². The summed E-state index contributed by atoms with van der Waals surface area (Å²) in [6.45, 7) is 1.94. The molecule has 178 valence electrons. The number of amides is 2. The van der Waals surface area contributed by atoms with E-state index in [1.807, 2.05) is 6.92 Å². The smallest absolute Gasteiger partial charge is 0.383 e. The Morgan fingerprint density at radius 3 is 2.55 bits per heavy atom. The molecule has 3 rings (SSSR count). The fourth-order valence-electron chi connectivity index (χ4n) is 3.52. The second-order valence-electron chi connectivity index (χ2n) is 7.91. The lowest BCUT2D eigenvalue weighted by Crippen LogP contribution is -2.48. The Balaban J connectivity index is 1.82. The van der Waals surface area contributed by atoms with Gasteiger partial charge in [-0.05, 0) is 48.9 Å². The summed E-state index contributed by atoms with van der Waals surface area (Å²) >= 11 is 0. The maximum atomic E-state index is 13.2. The third kappa shape index (κ3) is 6.19. The van der Waals surface area contributed by atoms with Crippen LogP contribution in [-0.2, 0) is 33.5 Å². The summed E-state index contributed by atoms with van der Waals surface area (Å²) in [6, 6.07) is 3.34. The first-order valence-corrected chi connectivity index (χ1v) is 10.5. The monoisotopic (exact) mass is 465 g/mol. The van der Waals surface area contributed by atoms with Crippen molar-refractivity contribution in [2.75, 3.05) is 24.8 Å². The van der Waals surface area contributed by atoms with Crippen molar-refractivity contribution in [3.8, 4) is 0 Å². The number of carbonyl (C=O) groups excluding carboxylic acids is 2. The van der Waals surface area contributed by atoms with E-state index < -0.39 is 29.6 Å².